The molecule has 2 fully saturated rings. The van der Waals surface area contributed by atoms with Gasteiger partial charge in [0.1, 0.15) is 0 Å². The number of piperidine rings is 1. The molecule has 2 heterocycles. The van der Waals surface area contributed by atoms with E-state index in [1.54, 1.807) is 0 Å². The first kappa shape index (κ1) is 21.5. The highest BCUT2D eigenvalue weighted by Crippen LogP contribution is 2.14. The van der Waals surface area contributed by atoms with Crippen molar-refractivity contribution in [2.24, 2.45) is 4.99 Å². The van der Waals surface area contributed by atoms with E-state index in [4.69, 9.17) is 4.74 Å². The molecule has 0 unspecified atom stereocenters. The first-order chi connectivity index (χ1) is 11.2. The minimum atomic E-state index is 0. The van der Waals surface area contributed by atoms with Crippen LogP contribution in [0.4, 0.5) is 0 Å². The zero-order valence-electron chi connectivity index (χ0n) is 15.1. The van der Waals surface area contributed by atoms with Crippen molar-refractivity contribution in [2.75, 3.05) is 45.9 Å². The lowest BCUT2D eigenvalue weighted by Gasteiger charge is -2.34. The van der Waals surface area contributed by atoms with Gasteiger partial charge in [0.15, 0.2) is 5.96 Å². The summed E-state index contributed by atoms with van der Waals surface area (Å²) in [5.74, 6) is 1.19. The van der Waals surface area contributed by atoms with Crippen LogP contribution in [0.5, 0.6) is 0 Å². The van der Waals surface area contributed by atoms with Crippen molar-refractivity contribution in [2.45, 2.75) is 52.1 Å². The van der Waals surface area contributed by atoms with E-state index >= 15 is 0 Å². The quantitative estimate of drug-likeness (QED) is 0.381. The van der Waals surface area contributed by atoms with Crippen molar-refractivity contribution in [3.63, 3.8) is 0 Å². The van der Waals surface area contributed by atoms with Crippen LogP contribution in [-0.4, -0.2) is 73.6 Å². The molecule has 0 bridgehead atoms. The van der Waals surface area contributed by atoms with E-state index in [9.17, 15) is 4.79 Å². The maximum atomic E-state index is 12.1. The summed E-state index contributed by atoms with van der Waals surface area (Å²) < 4.78 is 5.70. The average Bonchev–Trinajstić information content (AvgIpc) is 3.10. The number of guanidine groups is 1. The maximum absolute atomic E-state index is 12.1. The normalized spacial score (nSPS) is 19.3. The van der Waals surface area contributed by atoms with Gasteiger partial charge in [0.25, 0.3) is 0 Å². The molecule has 2 aliphatic rings. The maximum Gasteiger partial charge on any atom is 0.224 e. The first-order valence-corrected chi connectivity index (χ1v) is 9.17. The van der Waals surface area contributed by atoms with E-state index in [2.05, 4.69) is 29.1 Å². The largest absolute Gasteiger partial charge is 0.378 e. The summed E-state index contributed by atoms with van der Waals surface area (Å²) in [6.45, 7) is 10.1. The number of hydrogen-bond donors (Lipinski definition) is 1. The summed E-state index contributed by atoms with van der Waals surface area (Å²) in [5, 5.41) is 3.35. The van der Waals surface area contributed by atoms with Gasteiger partial charge in [-0.3, -0.25) is 9.79 Å². The number of aliphatic imine (C=N–C) groups is 1. The fraction of sp³-hybridized carbons (Fsp3) is 0.882. The van der Waals surface area contributed by atoms with Gasteiger partial charge in [0.2, 0.25) is 5.91 Å². The third-order valence-electron chi connectivity index (χ3n) is 4.52. The lowest BCUT2D eigenvalue weighted by atomic mass is 10.1. The van der Waals surface area contributed by atoms with Crippen LogP contribution in [0.15, 0.2) is 4.99 Å². The number of carbonyl (C=O) groups excluding carboxylic acids is 1. The average molecular weight is 452 g/mol. The molecule has 6 nitrogen and oxygen atoms in total. The number of hydrogen-bond acceptors (Lipinski definition) is 3. The fourth-order valence-electron chi connectivity index (χ4n) is 3.28. The fourth-order valence-corrected chi connectivity index (χ4v) is 3.28. The summed E-state index contributed by atoms with van der Waals surface area (Å²) in [4.78, 5) is 21.0. The third kappa shape index (κ3) is 6.74. The Balaban J connectivity index is 0.00000288. The van der Waals surface area contributed by atoms with Crippen molar-refractivity contribution in [3.8, 4) is 0 Å². The molecule has 24 heavy (non-hydrogen) atoms. The van der Waals surface area contributed by atoms with E-state index in [1.165, 1.54) is 0 Å². The molecule has 0 radical (unpaired) electrons. The molecule has 140 valence electrons. The van der Waals surface area contributed by atoms with E-state index in [1.807, 2.05) is 4.90 Å². The summed E-state index contributed by atoms with van der Waals surface area (Å²) in [5.41, 5.74) is 0. The number of nitrogens with one attached hydrogen (secondary N) is 1. The molecule has 0 spiro atoms. The Bertz CT molecular complexity index is 392. The SMILES string of the molecule is CCNC(=NCCC(=O)N1CCCC1)N1CCC(OCC)CC1.I. The van der Waals surface area contributed by atoms with E-state index in [0.29, 0.717) is 19.1 Å². The van der Waals surface area contributed by atoms with Gasteiger partial charge in [0, 0.05) is 45.8 Å². The summed E-state index contributed by atoms with van der Waals surface area (Å²) in [6, 6.07) is 0. The lowest BCUT2D eigenvalue weighted by Crippen LogP contribution is -2.47. The zero-order valence-corrected chi connectivity index (χ0v) is 17.5. The van der Waals surface area contributed by atoms with Crippen molar-refractivity contribution in [3.05, 3.63) is 0 Å². The second-order valence-electron chi connectivity index (χ2n) is 6.22. The molecule has 0 aromatic heterocycles. The molecule has 7 heteroatoms. The Morgan fingerprint density at radius 3 is 2.38 bits per heavy atom. The Morgan fingerprint density at radius 1 is 1.12 bits per heavy atom. The zero-order chi connectivity index (χ0) is 16.5. The Labute approximate surface area is 163 Å². The molecule has 0 aromatic rings. The van der Waals surface area contributed by atoms with Gasteiger partial charge in [-0.15, -0.1) is 24.0 Å². The van der Waals surface area contributed by atoms with Crippen molar-refractivity contribution < 1.29 is 9.53 Å². The molecule has 2 aliphatic heterocycles. The molecule has 1 amide bonds. The van der Waals surface area contributed by atoms with Crippen LogP contribution in [0.2, 0.25) is 0 Å². The van der Waals surface area contributed by atoms with Crippen molar-refractivity contribution >= 4 is 35.8 Å². The molecule has 0 aliphatic carbocycles. The van der Waals surface area contributed by atoms with Crippen LogP contribution in [-0.2, 0) is 9.53 Å². The Kier molecular flexibility index (Phi) is 10.6. The first-order valence-electron chi connectivity index (χ1n) is 9.17. The number of carbonyl (C=O) groups is 1. The van der Waals surface area contributed by atoms with Crippen LogP contribution < -0.4 is 5.32 Å². The highest BCUT2D eigenvalue weighted by Gasteiger charge is 2.22. The van der Waals surface area contributed by atoms with Crippen LogP contribution in [0.1, 0.15) is 46.0 Å². The van der Waals surface area contributed by atoms with Crippen molar-refractivity contribution in [1.82, 2.24) is 15.1 Å². The molecule has 0 aromatic carbocycles. The number of halogens is 1. The smallest absolute Gasteiger partial charge is 0.224 e. The number of amides is 1. The van der Waals surface area contributed by atoms with Crippen LogP contribution in [0, 0.1) is 0 Å². The number of ether oxygens (including phenoxy) is 1. The van der Waals surface area contributed by atoms with Crippen molar-refractivity contribution in [1.29, 1.82) is 0 Å². The second kappa shape index (κ2) is 11.9. The topological polar surface area (TPSA) is 57.2 Å². The van der Waals surface area contributed by atoms with Crippen LogP contribution in [0.3, 0.4) is 0 Å². The summed E-state index contributed by atoms with van der Waals surface area (Å²) in [7, 11) is 0. The standard InChI is InChI=1S/C17H32N4O2.HI/c1-3-18-17(21-13-8-15(9-14-21)23-4-2)19-10-7-16(22)20-11-5-6-12-20;/h15H,3-14H2,1-2H3,(H,18,19);1H. The van der Waals surface area contributed by atoms with Gasteiger partial charge >= 0.3 is 0 Å². The van der Waals surface area contributed by atoms with Gasteiger partial charge in [-0.05, 0) is 39.5 Å². The molecule has 2 saturated heterocycles. The number of nitrogens with zero attached hydrogens (tertiary/aromatic N) is 3. The number of rotatable bonds is 6. The van der Waals surface area contributed by atoms with E-state index < -0.39 is 0 Å². The minimum absolute atomic E-state index is 0. The predicted octanol–water partition coefficient (Wildman–Crippen LogP) is 2.08. The molecular formula is C17H33IN4O2. The molecule has 1 N–H and O–H groups in total. The Hall–Kier alpha value is -0.570. The van der Waals surface area contributed by atoms with Crippen LogP contribution >= 0.6 is 24.0 Å². The summed E-state index contributed by atoms with van der Waals surface area (Å²) >= 11 is 0. The molecule has 0 saturated carbocycles. The summed E-state index contributed by atoms with van der Waals surface area (Å²) in [6.07, 6.45) is 5.29. The van der Waals surface area contributed by atoms with Gasteiger partial charge in [-0.2, -0.15) is 0 Å². The van der Waals surface area contributed by atoms with Gasteiger partial charge < -0.3 is 19.9 Å². The van der Waals surface area contributed by atoms with Gasteiger partial charge in [-0.1, -0.05) is 0 Å². The van der Waals surface area contributed by atoms with Gasteiger partial charge in [0.05, 0.1) is 12.6 Å². The van der Waals surface area contributed by atoms with Gasteiger partial charge in [-0.25, -0.2) is 0 Å². The Morgan fingerprint density at radius 2 is 1.79 bits per heavy atom. The predicted molar refractivity (Wildman–Crippen MR) is 108 cm³/mol. The van der Waals surface area contributed by atoms with E-state index in [0.717, 1.165) is 71.0 Å². The molecular weight excluding hydrogens is 419 g/mol. The molecule has 2 rings (SSSR count). The highest BCUT2D eigenvalue weighted by atomic mass is 127. The lowest BCUT2D eigenvalue weighted by molar-refractivity contribution is -0.129. The highest BCUT2D eigenvalue weighted by molar-refractivity contribution is 14.0. The van der Waals surface area contributed by atoms with E-state index in [-0.39, 0.29) is 29.9 Å². The third-order valence-corrected chi connectivity index (χ3v) is 4.52. The second-order valence-corrected chi connectivity index (χ2v) is 6.22. The molecule has 0 atom stereocenters. The minimum Gasteiger partial charge on any atom is -0.378 e. The number of likely N-dealkylation sites (tertiary alicyclic amines) is 2. The van der Waals surface area contributed by atoms with Crippen LogP contribution in [0.25, 0.3) is 0 Å². The monoisotopic (exact) mass is 452 g/mol.